The third-order valence-corrected chi connectivity index (χ3v) is 5.28. The van der Waals surface area contributed by atoms with E-state index in [1.807, 2.05) is 0 Å². The minimum atomic E-state index is -1.02. The van der Waals surface area contributed by atoms with Gasteiger partial charge in [0.2, 0.25) is 0 Å². The summed E-state index contributed by atoms with van der Waals surface area (Å²) in [5.74, 6) is -2.11. The van der Waals surface area contributed by atoms with E-state index in [0.29, 0.717) is 46.8 Å². The molecule has 26 heavy (non-hydrogen) atoms. The number of carbonyl (C=O) groups excluding carboxylic acids is 2. The van der Waals surface area contributed by atoms with E-state index in [-0.39, 0.29) is 18.9 Å². The molecule has 1 atom stereocenters. The van der Waals surface area contributed by atoms with Crippen LogP contribution in [0.3, 0.4) is 0 Å². The van der Waals surface area contributed by atoms with Gasteiger partial charge in [0, 0.05) is 28.6 Å². The van der Waals surface area contributed by atoms with E-state index in [1.165, 1.54) is 0 Å². The first-order valence-electron chi connectivity index (χ1n) is 8.38. The van der Waals surface area contributed by atoms with Crippen LogP contribution in [-0.4, -0.2) is 40.9 Å². The molecular weight excluding hydrogens is 358 g/mol. The van der Waals surface area contributed by atoms with E-state index in [2.05, 4.69) is 0 Å². The van der Waals surface area contributed by atoms with E-state index in [0.717, 1.165) is 5.56 Å². The summed E-state index contributed by atoms with van der Waals surface area (Å²) in [5, 5.41) is 9.87. The summed E-state index contributed by atoms with van der Waals surface area (Å²) < 4.78 is 5.22. The predicted molar refractivity (Wildman–Crippen MR) is 92.4 cm³/mol. The van der Waals surface area contributed by atoms with Gasteiger partial charge in [-0.05, 0) is 30.5 Å². The standard InChI is InChI=1S/C19H16ClNO5/c20-11-6-4-10(5-7-11)16-17-12(2-1-3-14(17)22)21(8-15(23)24)13-9-26-19(25)18(13)16/h4-7,16H,1-3,8-9H2,(H,23,24). The number of carboxylic acids is 1. The van der Waals surface area contributed by atoms with Crippen LogP contribution in [-0.2, 0) is 19.1 Å². The van der Waals surface area contributed by atoms with Crippen molar-refractivity contribution in [2.45, 2.75) is 25.2 Å². The van der Waals surface area contributed by atoms with Gasteiger partial charge in [-0.2, -0.15) is 0 Å². The quantitative estimate of drug-likeness (QED) is 0.820. The summed E-state index contributed by atoms with van der Waals surface area (Å²) in [6, 6.07) is 7.02. The monoisotopic (exact) mass is 373 g/mol. The average Bonchev–Trinajstić information content (AvgIpc) is 2.98. The van der Waals surface area contributed by atoms with Gasteiger partial charge >= 0.3 is 11.9 Å². The normalized spacial score (nSPS) is 22.3. The van der Waals surface area contributed by atoms with Gasteiger partial charge in [-0.3, -0.25) is 9.59 Å². The summed E-state index contributed by atoms with van der Waals surface area (Å²) in [5.41, 5.74) is 2.89. The number of ether oxygens (including phenoxy) is 1. The first-order chi connectivity index (χ1) is 12.5. The molecule has 0 bridgehead atoms. The molecule has 2 heterocycles. The fourth-order valence-electron chi connectivity index (χ4n) is 3.99. The molecule has 0 amide bonds. The van der Waals surface area contributed by atoms with E-state index >= 15 is 0 Å². The number of benzene rings is 1. The Morgan fingerprint density at radius 1 is 1.15 bits per heavy atom. The number of carbonyl (C=O) groups is 3. The van der Waals surface area contributed by atoms with Crippen LogP contribution >= 0.6 is 11.6 Å². The maximum absolute atomic E-state index is 12.8. The van der Waals surface area contributed by atoms with Gasteiger partial charge in [0.05, 0.1) is 11.3 Å². The number of Topliss-reactive ketones (excluding diaryl/α,β-unsaturated/α-hetero) is 1. The Morgan fingerprint density at radius 2 is 1.88 bits per heavy atom. The number of rotatable bonds is 3. The Balaban J connectivity index is 1.93. The number of aliphatic carboxylic acids is 1. The van der Waals surface area contributed by atoms with Gasteiger partial charge in [0.15, 0.2) is 5.78 Å². The van der Waals surface area contributed by atoms with Crippen LogP contribution in [0.15, 0.2) is 46.8 Å². The highest BCUT2D eigenvalue weighted by Crippen LogP contribution is 2.48. The van der Waals surface area contributed by atoms with Crippen molar-refractivity contribution >= 4 is 29.3 Å². The molecule has 7 heteroatoms. The lowest BCUT2D eigenvalue weighted by molar-refractivity contribution is -0.137. The van der Waals surface area contributed by atoms with Crippen LogP contribution in [0.5, 0.6) is 0 Å². The molecule has 1 aromatic carbocycles. The summed E-state index contributed by atoms with van der Waals surface area (Å²) in [6.45, 7) is -0.272. The fourth-order valence-corrected chi connectivity index (χ4v) is 4.12. The second-order valence-electron chi connectivity index (χ2n) is 6.54. The second-order valence-corrected chi connectivity index (χ2v) is 6.97. The van der Waals surface area contributed by atoms with Gasteiger partial charge in [-0.15, -0.1) is 0 Å². The van der Waals surface area contributed by atoms with Gasteiger partial charge < -0.3 is 14.7 Å². The molecular formula is C19H16ClNO5. The fraction of sp³-hybridized carbons (Fsp3) is 0.316. The maximum Gasteiger partial charge on any atom is 0.337 e. The van der Waals surface area contributed by atoms with Crippen molar-refractivity contribution < 1.29 is 24.2 Å². The molecule has 0 fully saturated rings. The molecule has 0 saturated heterocycles. The predicted octanol–water partition coefficient (Wildman–Crippen LogP) is 2.64. The zero-order chi connectivity index (χ0) is 18.4. The summed E-state index contributed by atoms with van der Waals surface area (Å²) in [6.07, 6.45) is 1.66. The number of allylic oxidation sites excluding steroid dienone is 2. The van der Waals surface area contributed by atoms with E-state index in [4.69, 9.17) is 16.3 Å². The number of hydrogen-bond acceptors (Lipinski definition) is 5. The minimum absolute atomic E-state index is 0.0243. The molecule has 1 unspecified atom stereocenters. The van der Waals surface area contributed by atoms with Crippen molar-refractivity contribution in [3.63, 3.8) is 0 Å². The SMILES string of the molecule is O=C(O)CN1C2=C(C(=O)CCC2)C(c2ccc(Cl)cc2)C2=C1COC2=O. The lowest BCUT2D eigenvalue weighted by Gasteiger charge is -2.38. The van der Waals surface area contributed by atoms with E-state index < -0.39 is 17.9 Å². The molecule has 4 rings (SSSR count). The Morgan fingerprint density at radius 3 is 2.58 bits per heavy atom. The van der Waals surface area contributed by atoms with Crippen LogP contribution in [0, 0.1) is 0 Å². The molecule has 0 spiro atoms. The number of cyclic esters (lactones) is 1. The topological polar surface area (TPSA) is 83.9 Å². The highest BCUT2D eigenvalue weighted by molar-refractivity contribution is 6.30. The van der Waals surface area contributed by atoms with Crippen LogP contribution in [0.4, 0.5) is 0 Å². The summed E-state index contributed by atoms with van der Waals surface area (Å²) in [7, 11) is 0. The Kier molecular flexibility index (Phi) is 4.07. The smallest absolute Gasteiger partial charge is 0.337 e. The third kappa shape index (κ3) is 2.61. The molecule has 1 aliphatic carbocycles. The van der Waals surface area contributed by atoms with Gasteiger partial charge in [-0.25, -0.2) is 4.79 Å². The largest absolute Gasteiger partial charge is 0.480 e. The highest BCUT2D eigenvalue weighted by atomic mass is 35.5. The maximum atomic E-state index is 12.8. The first kappa shape index (κ1) is 16.8. The van der Waals surface area contributed by atoms with Gasteiger partial charge in [0.25, 0.3) is 0 Å². The Hall–Kier alpha value is -2.60. The van der Waals surface area contributed by atoms with Crippen molar-refractivity contribution in [1.82, 2.24) is 4.90 Å². The molecule has 3 aliphatic rings. The molecule has 0 saturated carbocycles. The molecule has 1 N–H and O–H groups in total. The van der Waals surface area contributed by atoms with E-state index in [9.17, 15) is 19.5 Å². The first-order valence-corrected chi connectivity index (χ1v) is 8.76. The summed E-state index contributed by atoms with van der Waals surface area (Å²) >= 11 is 5.98. The Bertz CT molecular complexity index is 884. The van der Waals surface area contributed by atoms with Crippen LogP contribution in [0.1, 0.15) is 30.7 Å². The van der Waals surface area contributed by atoms with Crippen molar-refractivity contribution in [3.05, 3.63) is 57.4 Å². The van der Waals surface area contributed by atoms with Crippen LogP contribution in [0.25, 0.3) is 0 Å². The molecule has 134 valence electrons. The lowest BCUT2D eigenvalue weighted by Crippen LogP contribution is -2.38. The second kappa shape index (κ2) is 6.29. The minimum Gasteiger partial charge on any atom is -0.480 e. The number of nitrogens with zero attached hydrogens (tertiary/aromatic N) is 1. The van der Waals surface area contributed by atoms with Crippen molar-refractivity contribution in [1.29, 1.82) is 0 Å². The summed E-state index contributed by atoms with van der Waals surface area (Å²) in [4.78, 5) is 38.2. The number of esters is 1. The van der Waals surface area contributed by atoms with Gasteiger partial charge in [0.1, 0.15) is 13.2 Å². The van der Waals surface area contributed by atoms with Crippen LogP contribution in [0.2, 0.25) is 5.02 Å². The molecule has 1 aromatic rings. The highest BCUT2D eigenvalue weighted by Gasteiger charge is 2.46. The molecule has 0 aromatic heterocycles. The number of ketones is 1. The van der Waals surface area contributed by atoms with Crippen molar-refractivity contribution in [2.24, 2.45) is 0 Å². The van der Waals surface area contributed by atoms with Crippen molar-refractivity contribution in [2.75, 3.05) is 13.2 Å². The zero-order valence-electron chi connectivity index (χ0n) is 13.8. The average molecular weight is 374 g/mol. The van der Waals surface area contributed by atoms with Crippen molar-refractivity contribution in [3.8, 4) is 0 Å². The molecule has 6 nitrogen and oxygen atoms in total. The Labute approximate surface area is 154 Å². The third-order valence-electron chi connectivity index (χ3n) is 5.03. The van der Waals surface area contributed by atoms with E-state index in [1.54, 1.807) is 29.2 Å². The number of hydrogen-bond donors (Lipinski definition) is 1. The zero-order valence-corrected chi connectivity index (χ0v) is 14.6. The molecule has 0 radical (unpaired) electrons. The molecule has 2 aliphatic heterocycles. The van der Waals surface area contributed by atoms with Crippen LogP contribution < -0.4 is 0 Å². The lowest BCUT2D eigenvalue weighted by atomic mass is 9.75. The van der Waals surface area contributed by atoms with Gasteiger partial charge in [-0.1, -0.05) is 23.7 Å². The number of halogens is 1. The number of carboxylic acid groups (broad SMARTS) is 1.